The highest BCUT2D eigenvalue weighted by Gasteiger charge is 2.27. The minimum atomic E-state index is 0. The van der Waals surface area contributed by atoms with Crippen LogP contribution < -0.4 is 5.73 Å². The van der Waals surface area contributed by atoms with E-state index < -0.39 is 0 Å². The molecule has 16 heavy (non-hydrogen) atoms. The first kappa shape index (κ1) is 15.7. The molecule has 1 aliphatic rings. The third-order valence-corrected chi connectivity index (χ3v) is 3.51. The lowest BCUT2D eigenvalue weighted by atomic mass is 9.91. The van der Waals surface area contributed by atoms with E-state index in [-0.39, 0.29) is 24.4 Å². The number of halogens is 1. The first-order valence-corrected chi connectivity index (χ1v) is 6.07. The van der Waals surface area contributed by atoms with Gasteiger partial charge in [0.05, 0.1) is 0 Å². The second kappa shape index (κ2) is 7.13. The summed E-state index contributed by atoms with van der Waals surface area (Å²) in [5.41, 5.74) is 5.66. The van der Waals surface area contributed by atoms with E-state index in [1.54, 1.807) is 0 Å². The van der Waals surface area contributed by atoms with E-state index in [1.165, 1.54) is 6.42 Å². The number of hydrogen-bond donors (Lipinski definition) is 1. The highest BCUT2D eigenvalue weighted by Crippen LogP contribution is 2.23. The number of carbonyl (C=O) groups is 1. The molecule has 0 saturated carbocycles. The zero-order valence-electron chi connectivity index (χ0n) is 10.6. The minimum Gasteiger partial charge on any atom is -0.340 e. The summed E-state index contributed by atoms with van der Waals surface area (Å²) in [5.74, 6) is 0.921. The maximum Gasteiger partial charge on any atom is 0.222 e. The Balaban J connectivity index is 0.00000225. The van der Waals surface area contributed by atoms with E-state index in [0.29, 0.717) is 18.4 Å². The molecule has 1 saturated heterocycles. The summed E-state index contributed by atoms with van der Waals surface area (Å²) in [6.07, 6.45) is 3.80. The Morgan fingerprint density at radius 1 is 1.50 bits per heavy atom. The molecule has 1 aliphatic heterocycles. The van der Waals surface area contributed by atoms with Crippen molar-refractivity contribution in [3.63, 3.8) is 0 Å². The van der Waals surface area contributed by atoms with Gasteiger partial charge in [-0.15, -0.1) is 12.4 Å². The van der Waals surface area contributed by atoms with E-state index in [4.69, 9.17) is 5.73 Å². The van der Waals surface area contributed by atoms with Gasteiger partial charge in [0.25, 0.3) is 0 Å². The predicted octanol–water partition coefficient (Wildman–Crippen LogP) is 2.18. The molecule has 2 N–H and O–H groups in total. The van der Waals surface area contributed by atoms with Crippen LogP contribution in [0, 0.1) is 5.92 Å². The summed E-state index contributed by atoms with van der Waals surface area (Å²) in [6, 6.07) is 0.533. The van der Waals surface area contributed by atoms with Crippen LogP contribution in [0.3, 0.4) is 0 Å². The molecule has 3 nitrogen and oxygen atoms in total. The van der Waals surface area contributed by atoms with Gasteiger partial charge in [0.1, 0.15) is 0 Å². The first-order valence-electron chi connectivity index (χ1n) is 6.07. The molecule has 1 rings (SSSR count). The summed E-state index contributed by atoms with van der Waals surface area (Å²) < 4.78 is 0. The van der Waals surface area contributed by atoms with Crippen molar-refractivity contribution in [2.24, 2.45) is 11.7 Å². The number of nitrogens with two attached hydrogens (primary N) is 1. The minimum absolute atomic E-state index is 0. The van der Waals surface area contributed by atoms with Crippen molar-refractivity contribution in [2.45, 2.75) is 58.5 Å². The van der Waals surface area contributed by atoms with Crippen LogP contribution in [-0.4, -0.2) is 29.4 Å². The van der Waals surface area contributed by atoms with Crippen molar-refractivity contribution in [1.82, 2.24) is 4.90 Å². The maximum absolute atomic E-state index is 11.9. The van der Waals surface area contributed by atoms with Gasteiger partial charge in [0, 0.05) is 25.0 Å². The predicted molar refractivity (Wildman–Crippen MR) is 69.7 cm³/mol. The molecule has 1 heterocycles. The van der Waals surface area contributed by atoms with E-state index in [9.17, 15) is 4.79 Å². The Morgan fingerprint density at radius 3 is 2.69 bits per heavy atom. The van der Waals surface area contributed by atoms with Gasteiger partial charge in [-0.2, -0.15) is 0 Å². The van der Waals surface area contributed by atoms with Gasteiger partial charge in [-0.1, -0.05) is 6.92 Å². The van der Waals surface area contributed by atoms with Gasteiger partial charge in [0.15, 0.2) is 0 Å². The van der Waals surface area contributed by atoms with Crippen LogP contribution in [0.4, 0.5) is 0 Å². The molecule has 0 spiro atoms. The SMILES string of the molecule is CC(N)CCC(=O)N1CCCC(C)C1C.Cl. The summed E-state index contributed by atoms with van der Waals surface area (Å²) in [7, 11) is 0. The van der Waals surface area contributed by atoms with Crippen molar-refractivity contribution in [2.75, 3.05) is 6.54 Å². The van der Waals surface area contributed by atoms with Crippen LogP contribution in [0.15, 0.2) is 0 Å². The van der Waals surface area contributed by atoms with Gasteiger partial charge in [-0.25, -0.2) is 0 Å². The summed E-state index contributed by atoms with van der Waals surface area (Å²) >= 11 is 0. The molecule has 0 bridgehead atoms. The van der Waals surface area contributed by atoms with Gasteiger partial charge in [-0.05, 0) is 39.0 Å². The Morgan fingerprint density at radius 2 is 2.12 bits per heavy atom. The van der Waals surface area contributed by atoms with E-state index in [1.807, 2.05) is 11.8 Å². The van der Waals surface area contributed by atoms with Crippen LogP contribution in [0.1, 0.15) is 46.5 Å². The van der Waals surface area contributed by atoms with Crippen LogP contribution in [0.5, 0.6) is 0 Å². The molecule has 1 fully saturated rings. The monoisotopic (exact) mass is 248 g/mol. The van der Waals surface area contributed by atoms with Crippen LogP contribution >= 0.6 is 12.4 Å². The molecule has 0 aliphatic carbocycles. The zero-order valence-corrected chi connectivity index (χ0v) is 11.4. The Labute approximate surface area is 105 Å². The molecule has 3 unspecified atom stereocenters. The van der Waals surface area contributed by atoms with Crippen molar-refractivity contribution in [1.29, 1.82) is 0 Å². The van der Waals surface area contributed by atoms with Crippen LogP contribution in [0.25, 0.3) is 0 Å². The van der Waals surface area contributed by atoms with Gasteiger partial charge in [-0.3, -0.25) is 4.79 Å². The topological polar surface area (TPSA) is 46.3 Å². The second-order valence-electron chi connectivity index (χ2n) is 4.96. The number of piperidine rings is 1. The molecule has 3 atom stereocenters. The van der Waals surface area contributed by atoms with E-state index >= 15 is 0 Å². The van der Waals surface area contributed by atoms with Crippen LogP contribution in [0.2, 0.25) is 0 Å². The maximum atomic E-state index is 11.9. The van der Waals surface area contributed by atoms with Crippen molar-refractivity contribution < 1.29 is 4.79 Å². The largest absolute Gasteiger partial charge is 0.340 e. The number of amides is 1. The average molecular weight is 249 g/mol. The molecule has 0 aromatic heterocycles. The van der Waals surface area contributed by atoms with E-state index in [0.717, 1.165) is 19.4 Å². The normalized spacial score (nSPS) is 27.1. The number of nitrogens with zero attached hydrogens (tertiary/aromatic N) is 1. The number of hydrogen-bond acceptors (Lipinski definition) is 2. The van der Waals surface area contributed by atoms with Crippen LogP contribution in [-0.2, 0) is 4.79 Å². The van der Waals surface area contributed by atoms with Gasteiger partial charge < -0.3 is 10.6 Å². The average Bonchev–Trinajstić information content (AvgIpc) is 2.18. The highest BCUT2D eigenvalue weighted by molar-refractivity contribution is 5.85. The third-order valence-electron chi connectivity index (χ3n) is 3.51. The summed E-state index contributed by atoms with van der Waals surface area (Å²) in [4.78, 5) is 14.0. The lowest BCUT2D eigenvalue weighted by Crippen LogP contribution is -2.46. The molecule has 1 amide bonds. The summed E-state index contributed by atoms with van der Waals surface area (Å²) in [5, 5.41) is 0. The molecule has 0 radical (unpaired) electrons. The fourth-order valence-electron chi connectivity index (χ4n) is 2.18. The fraction of sp³-hybridized carbons (Fsp3) is 0.917. The number of likely N-dealkylation sites (tertiary alicyclic amines) is 1. The van der Waals surface area contributed by atoms with E-state index in [2.05, 4.69) is 13.8 Å². The highest BCUT2D eigenvalue weighted by atomic mass is 35.5. The number of carbonyl (C=O) groups excluding carboxylic acids is 1. The standard InChI is InChI=1S/C12H24N2O.ClH/c1-9-5-4-8-14(11(9)3)12(15)7-6-10(2)13;/h9-11H,4-8,13H2,1-3H3;1H. The quantitative estimate of drug-likeness (QED) is 0.832. The smallest absolute Gasteiger partial charge is 0.222 e. The van der Waals surface area contributed by atoms with Crippen molar-refractivity contribution in [3.05, 3.63) is 0 Å². The zero-order chi connectivity index (χ0) is 11.4. The number of rotatable bonds is 3. The second-order valence-corrected chi connectivity index (χ2v) is 4.96. The van der Waals surface area contributed by atoms with Crippen molar-refractivity contribution in [3.8, 4) is 0 Å². The molecule has 0 aromatic carbocycles. The molecule has 0 aromatic rings. The molecule has 4 heteroatoms. The Kier molecular flexibility index (Phi) is 7.00. The Hall–Kier alpha value is -0.280. The lowest BCUT2D eigenvalue weighted by molar-refractivity contribution is -0.135. The van der Waals surface area contributed by atoms with Gasteiger partial charge in [0.2, 0.25) is 5.91 Å². The molecule has 96 valence electrons. The summed E-state index contributed by atoms with van der Waals surface area (Å²) in [6.45, 7) is 7.28. The molecular weight excluding hydrogens is 224 g/mol. The fourth-order valence-corrected chi connectivity index (χ4v) is 2.18. The van der Waals surface area contributed by atoms with Gasteiger partial charge >= 0.3 is 0 Å². The first-order chi connectivity index (χ1) is 7.02. The molecular formula is C12H25ClN2O. The third kappa shape index (κ3) is 4.30. The van der Waals surface area contributed by atoms with Crippen molar-refractivity contribution >= 4 is 18.3 Å². The lowest BCUT2D eigenvalue weighted by Gasteiger charge is -2.38. The Bertz CT molecular complexity index is 221.